The van der Waals surface area contributed by atoms with Gasteiger partial charge in [-0.2, -0.15) is 0 Å². The van der Waals surface area contributed by atoms with Gasteiger partial charge in [-0.3, -0.25) is 0 Å². The van der Waals surface area contributed by atoms with Crippen molar-refractivity contribution in [1.29, 1.82) is 0 Å². The van der Waals surface area contributed by atoms with E-state index in [0.717, 1.165) is 25.7 Å². The summed E-state index contributed by atoms with van der Waals surface area (Å²) in [7, 11) is 0. The minimum absolute atomic E-state index is 0.177. The third kappa shape index (κ3) is 25.3. The molecule has 1 aliphatic heterocycles. The Labute approximate surface area is 302 Å². The lowest BCUT2D eigenvalue weighted by atomic mass is 10.00. The van der Waals surface area contributed by atoms with Gasteiger partial charge in [0.25, 0.3) is 0 Å². The third-order valence-corrected chi connectivity index (χ3v) is 10.4. The summed E-state index contributed by atoms with van der Waals surface area (Å²) in [5.74, 6) is 0. The van der Waals surface area contributed by atoms with Crippen molar-refractivity contribution in [3.05, 3.63) is 0 Å². The van der Waals surface area contributed by atoms with Gasteiger partial charge in [-0.25, -0.2) is 0 Å². The zero-order valence-corrected chi connectivity index (χ0v) is 32.5. The standard InChI is InChI=1S/C40H76O5S2/c1-3-5-7-9-11-13-15-17-19-21-23-25-27-29-31-37(46)44-36-34-43-35(33-41)40(39(36)42)45-38(47)32-30-28-26-24-22-20-18-16-14-12-10-8-6-4-2/h35-36,39-42H,3-34H2,1-2H3/t35-,36+,39-,40-/m1/s1. The van der Waals surface area contributed by atoms with Crippen LogP contribution in [0.15, 0.2) is 0 Å². The fraction of sp³-hybridized carbons (Fsp3) is 0.950. The maximum absolute atomic E-state index is 11.1. The molecule has 0 radical (unpaired) electrons. The van der Waals surface area contributed by atoms with Crippen LogP contribution >= 0.6 is 24.4 Å². The van der Waals surface area contributed by atoms with Gasteiger partial charge >= 0.3 is 0 Å². The average Bonchev–Trinajstić information content (AvgIpc) is 3.07. The number of aliphatic hydroxyl groups is 2. The Morgan fingerprint density at radius 2 is 0.851 bits per heavy atom. The highest BCUT2D eigenvalue weighted by Gasteiger charge is 2.42. The first kappa shape index (κ1) is 44.7. The summed E-state index contributed by atoms with van der Waals surface area (Å²) in [6.07, 6.45) is 35.4. The molecule has 7 heteroatoms. The number of hydrogen-bond acceptors (Lipinski definition) is 7. The quantitative estimate of drug-likeness (QED) is 0.0522. The molecule has 0 unspecified atom stereocenters. The molecule has 0 saturated carbocycles. The highest BCUT2D eigenvalue weighted by atomic mass is 32.1. The van der Waals surface area contributed by atoms with Gasteiger partial charge in [-0.1, -0.05) is 181 Å². The smallest absolute Gasteiger partial charge is 0.160 e. The molecule has 47 heavy (non-hydrogen) atoms. The van der Waals surface area contributed by atoms with E-state index in [1.54, 1.807) is 0 Å². The van der Waals surface area contributed by atoms with Gasteiger partial charge in [0, 0.05) is 12.8 Å². The Morgan fingerprint density at radius 3 is 1.19 bits per heavy atom. The van der Waals surface area contributed by atoms with E-state index in [2.05, 4.69) is 13.8 Å². The highest BCUT2D eigenvalue weighted by molar-refractivity contribution is 7.80. The molecule has 0 aromatic rings. The summed E-state index contributed by atoms with van der Waals surface area (Å²) in [6, 6.07) is 0. The molecule has 1 saturated heterocycles. The van der Waals surface area contributed by atoms with Crippen LogP contribution in [0, 0.1) is 0 Å². The first-order chi connectivity index (χ1) is 23.0. The van der Waals surface area contributed by atoms with Crippen LogP contribution in [-0.2, 0) is 14.2 Å². The van der Waals surface area contributed by atoms with Gasteiger partial charge in [-0.05, 0) is 37.3 Å². The number of hydrogen-bond donors (Lipinski definition) is 2. The van der Waals surface area contributed by atoms with Crippen molar-refractivity contribution in [3.63, 3.8) is 0 Å². The molecule has 0 amide bonds. The average molecular weight is 701 g/mol. The summed E-state index contributed by atoms with van der Waals surface area (Å²) >= 11 is 11.0. The van der Waals surface area contributed by atoms with E-state index >= 15 is 0 Å². The molecule has 4 atom stereocenters. The number of aliphatic hydroxyl groups excluding tert-OH is 2. The predicted octanol–water partition coefficient (Wildman–Crippen LogP) is 11.9. The summed E-state index contributed by atoms with van der Waals surface area (Å²) in [6.45, 7) is 4.49. The van der Waals surface area contributed by atoms with Gasteiger partial charge < -0.3 is 24.4 Å². The molecule has 1 fully saturated rings. The molecular formula is C40H76O5S2. The first-order valence-corrected chi connectivity index (χ1v) is 21.1. The van der Waals surface area contributed by atoms with E-state index in [-0.39, 0.29) is 13.2 Å². The Bertz CT molecular complexity index is 721. The van der Waals surface area contributed by atoms with Gasteiger partial charge in [0.05, 0.1) is 13.2 Å². The second-order valence-corrected chi connectivity index (χ2v) is 15.1. The number of unbranched alkanes of at least 4 members (excludes halogenated alkanes) is 26. The summed E-state index contributed by atoms with van der Waals surface area (Å²) in [5, 5.41) is 21.9. The molecule has 0 aromatic heterocycles. The van der Waals surface area contributed by atoms with Crippen molar-refractivity contribution in [3.8, 4) is 0 Å². The van der Waals surface area contributed by atoms with Crippen molar-refractivity contribution < 1.29 is 24.4 Å². The van der Waals surface area contributed by atoms with Crippen LogP contribution in [0.2, 0.25) is 0 Å². The summed E-state index contributed by atoms with van der Waals surface area (Å²) < 4.78 is 17.8. The van der Waals surface area contributed by atoms with Crippen LogP contribution in [0.3, 0.4) is 0 Å². The second-order valence-electron chi connectivity index (χ2n) is 14.2. The summed E-state index contributed by atoms with van der Waals surface area (Å²) in [5.41, 5.74) is 0. The molecule has 1 rings (SSSR count). The SMILES string of the molecule is CCCCCCCCCCCCCCCCC(=S)O[C@H]1[C@H](O)[C@@H](OC(=S)CCCCCCCCCCCCCCCC)CO[C@@H]1CO. The molecule has 278 valence electrons. The number of ether oxygens (including phenoxy) is 3. The van der Waals surface area contributed by atoms with Crippen LogP contribution in [0.4, 0.5) is 0 Å². The normalized spacial score (nSPS) is 19.6. The number of rotatable bonds is 33. The third-order valence-electron chi connectivity index (χ3n) is 9.76. The largest absolute Gasteiger partial charge is 0.479 e. The van der Waals surface area contributed by atoms with E-state index in [9.17, 15) is 10.2 Å². The topological polar surface area (TPSA) is 68.2 Å². The van der Waals surface area contributed by atoms with Crippen molar-refractivity contribution in [2.45, 2.75) is 231 Å². The van der Waals surface area contributed by atoms with Crippen molar-refractivity contribution in [1.82, 2.24) is 0 Å². The van der Waals surface area contributed by atoms with Crippen LogP contribution in [0.25, 0.3) is 0 Å². The minimum Gasteiger partial charge on any atom is -0.479 e. The molecule has 1 heterocycles. The van der Waals surface area contributed by atoms with Crippen LogP contribution < -0.4 is 0 Å². The molecule has 2 N–H and O–H groups in total. The Kier molecular flexibility index (Phi) is 31.2. The Hall–Kier alpha value is -0.340. The van der Waals surface area contributed by atoms with E-state index in [0.29, 0.717) is 22.9 Å². The Balaban J connectivity index is 2.10. The van der Waals surface area contributed by atoms with Crippen LogP contribution in [-0.4, -0.2) is 57.9 Å². The molecule has 1 aliphatic rings. The van der Waals surface area contributed by atoms with Crippen molar-refractivity contribution >= 4 is 34.5 Å². The monoisotopic (exact) mass is 701 g/mol. The van der Waals surface area contributed by atoms with Crippen LogP contribution in [0.1, 0.15) is 206 Å². The van der Waals surface area contributed by atoms with Gasteiger partial charge in [-0.15, -0.1) is 0 Å². The molecule has 0 aliphatic carbocycles. The molecule has 0 bridgehead atoms. The maximum Gasteiger partial charge on any atom is 0.160 e. The van der Waals surface area contributed by atoms with Gasteiger partial charge in [0.2, 0.25) is 0 Å². The van der Waals surface area contributed by atoms with Crippen LogP contribution in [0.5, 0.6) is 0 Å². The van der Waals surface area contributed by atoms with Crippen molar-refractivity contribution in [2.24, 2.45) is 0 Å². The maximum atomic E-state index is 11.1. The zero-order valence-electron chi connectivity index (χ0n) is 30.9. The van der Waals surface area contributed by atoms with Gasteiger partial charge in [0.1, 0.15) is 12.2 Å². The lowest BCUT2D eigenvalue weighted by Gasteiger charge is -2.39. The number of thiocarbonyl (C=S) groups is 2. The lowest BCUT2D eigenvalue weighted by molar-refractivity contribution is -0.186. The molecule has 5 nitrogen and oxygen atoms in total. The Morgan fingerprint density at radius 1 is 0.532 bits per heavy atom. The van der Waals surface area contributed by atoms with E-state index < -0.39 is 24.4 Å². The van der Waals surface area contributed by atoms with E-state index in [1.165, 1.54) is 154 Å². The second kappa shape index (κ2) is 32.8. The predicted molar refractivity (Wildman–Crippen MR) is 208 cm³/mol. The summed E-state index contributed by atoms with van der Waals surface area (Å²) in [4.78, 5) is 0. The van der Waals surface area contributed by atoms with E-state index in [4.69, 9.17) is 38.6 Å². The van der Waals surface area contributed by atoms with E-state index in [1.807, 2.05) is 0 Å². The van der Waals surface area contributed by atoms with Gasteiger partial charge in [0.15, 0.2) is 22.3 Å². The highest BCUT2D eigenvalue weighted by Crippen LogP contribution is 2.24. The fourth-order valence-electron chi connectivity index (χ4n) is 6.62. The first-order valence-electron chi connectivity index (χ1n) is 20.3. The zero-order chi connectivity index (χ0) is 34.2. The van der Waals surface area contributed by atoms with Crippen molar-refractivity contribution in [2.75, 3.05) is 13.2 Å². The minimum atomic E-state index is -0.954. The fourth-order valence-corrected chi connectivity index (χ4v) is 7.14. The molecule has 0 spiro atoms. The molecule has 0 aromatic carbocycles. The lowest BCUT2D eigenvalue weighted by Crippen LogP contribution is -2.56. The molecular weight excluding hydrogens is 625 g/mol.